The molecule has 0 aliphatic rings. The van der Waals surface area contributed by atoms with Gasteiger partial charge in [-0.15, -0.1) is 0 Å². The molecule has 3 N–H and O–H groups in total. The predicted octanol–water partition coefficient (Wildman–Crippen LogP) is 3.02. The van der Waals surface area contributed by atoms with E-state index < -0.39 is 20.7 Å². The summed E-state index contributed by atoms with van der Waals surface area (Å²) in [6.07, 6.45) is 1.33. The second-order valence-electron chi connectivity index (χ2n) is 3.78. The number of rotatable bonds is 3. The molecule has 1 aromatic carbocycles. The number of hydrogen-bond acceptors (Lipinski definition) is 4. The minimum absolute atomic E-state index is 0.111. The quantitative estimate of drug-likeness (QED) is 0.633. The van der Waals surface area contributed by atoms with Crippen molar-refractivity contribution in [1.82, 2.24) is 4.98 Å². The van der Waals surface area contributed by atoms with E-state index in [1.807, 2.05) is 0 Å². The van der Waals surface area contributed by atoms with E-state index in [9.17, 15) is 12.8 Å². The van der Waals surface area contributed by atoms with Gasteiger partial charge in [-0.2, -0.15) is 0 Å². The van der Waals surface area contributed by atoms with Gasteiger partial charge < -0.3 is 5.73 Å². The number of benzene rings is 1. The Hall–Kier alpha value is -1.38. The second kappa shape index (κ2) is 5.55. The highest BCUT2D eigenvalue weighted by Crippen LogP contribution is 2.27. The number of pyridine rings is 1. The van der Waals surface area contributed by atoms with Crippen molar-refractivity contribution in [3.05, 3.63) is 45.9 Å². The van der Waals surface area contributed by atoms with Crippen LogP contribution in [-0.2, 0) is 10.0 Å². The minimum atomic E-state index is -4.11. The molecule has 0 fully saturated rings. The fourth-order valence-corrected chi connectivity index (χ4v) is 3.06. The third-order valence-electron chi connectivity index (χ3n) is 2.32. The molecule has 0 saturated carbocycles. The summed E-state index contributed by atoms with van der Waals surface area (Å²) in [5, 5.41) is 0.112. The van der Waals surface area contributed by atoms with Crippen molar-refractivity contribution in [2.24, 2.45) is 0 Å². The van der Waals surface area contributed by atoms with Crippen LogP contribution in [-0.4, -0.2) is 13.4 Å². The van der Waals surface area contributed by atoms with Crippen LogP contribution in [0.1, 0.15) is 0 Å². The van der Waals surface area contributed by atoms with Crippen molar-refractivity contribution in [3.63, 3.8) is 0 Å². The highest BCUT2D eigenvalue weighted by atomic mass is 79.9. The fourth-order valence-electron chi connectivity index (χ4n) is 1.43. The Balaban J connectivity index is 2.43. The molecule has 0 atom stereocenters. The number of nitrogens with two attached hydrogens (primary N) is 1. The number of nitrogens with zero attached hydrogens (tertiary/aromatic N) is 1. The molecular weight excluding hydrogens is 373 g/mol. The molecular formula is C11H8BrClFN3O2S. The molecule has 2 aromatic rings. The molecule has 2 rings (SSSR count). The van der Waals surface area contributed by atoms with E-state index in [0.717, 1.165) is 12.1 Å². The van der Waals surface area contributed by atoms with Gasteiger partial charge in [-0.3, -0.25) is 4.72 Å². The lowest BCUT2D eigenvalue weighted by Gasteiger charge is -2.10. The smallest absolute Gasteiger partial charge is 0.264 e. The van der Waals surface area contributed by atoms with Gasteiger partial charge in [0.05, 0.1) is 5.69 Å². The number of aromatic nitrogens is 1. The number of nitrogen functional groups attached to an aromatic ring is 1. The zero-order valence-electron chi connectivity index (χ0n) is 9.77. The van der Waals surface area contributed by atoms with Crippen LogP contribution in [0, 0.1) is 5.82 Å². The predicted molar refractivity (Wildman–Crippen MR) is 78.6 cm³/mol. The third-order valence-corrected chi connectivity index (χ3v) is 4.61. The van der Waals surface area contributed by atoms with Crippen LogP contribution in [0.4, 0.5) is 15.8 Å². The molecule has 106 valence electrons. The van der Waals surface area contributed by atoms with Gasteiger partial charge in [0.1, 0.15) is 15.9 Å². The van der Waals surface area contributed by atoms with Gasteiger partial charge in [0.15, 0.2) is 0 Å². The van der Waals surface area contributed by atoms with Crippen LogP contribution in [0.15, 0.2) is 39.8 Å². The molecule has 0 saturated heterocycles. The highest BCUT2D eigenvalue weighted by Gasteiger charge is 2.21. The number of halogens is 3. The van der Waals surface area contributed by atoms with Crippen molar-refractivity contribution < 1.29 is 12.8 Å². The van der Waals surface area contributed by atoms with Crippen molar-refractivity contribution in [2.75, 3.05) is 10.5 Å². The van der Waals surface area contributed by atoms with E-state index in [0.29, 0.717) is 0 Å². The highest BCUT2D eigenvalue weighted by molar-refractivity contribution is 9.10. The van der Waals surface area contributed by atoms with Gasteiger partial charge in [0, 0.05) is 16.4 Å². The Labute approximate surface area is 128 Å². The van der Waals surface area contributed by atoms with Crippen LogP contribution in [0.25, 0.3) is 0 Å². The Morgan fingerprint density at radius 2 is 2.05 bits per heavy atom. The van der Waals surface area contributed by atoms with Gasteiger partial charge in [0.2, 0.25) is 0 Å². The summed E-state index contributed by atoms with van der Waals surface area (Å²) in [7, 11) is -4.11. The maximum Gasteiger partial charge on any atom is 0.264 e. The number of anilines is 2. The van der Waals surface area contributed by atoms with Crippen LogP contribution in [0.5, 0.6) is 0 Å². The summed E-state index contributed by atoms with van der Waals surface area (Å²) in [6.45, 7) is 0. The van der Waals surface area contributed by atoms with Crippen molar-refractivity contribution >= 4 is 48.9 Å². The molecule has 0 spiro atoms. The van der Waals surface area contributed by atoms with Crippen LogP contribution >= 0.6 is 27.5 Å². The maximum atomic E-state index is 13.8. The van der Waals surface area contributed by atoms with E-state index >= 15 is 0 Å². The zero-order valence-corrected chi connectivity index (χ0v) is 12.9. The first kappa shape index (κ1) is 15.0. The van der Waals surface area contributed by atoms with Crippen molar-refractivity contribution in [3.8, 4) is 0 Å². The fraction of sp³-hybridized carbons (Fsp3) is 0. The summed E-state index contributed by atoms with van der Waals surface area (Å²) in [5.41, 5.74) is 5.85. The largest absolute Gasteiger partial charge is 0.398 e. The molecule has 20 heavy (non-hydrogen) atoms. The topological polar surface area (TPSA) is 85.1 Å². The lowest BCUT2D eigenvalue weighted by atomic mass is 10.3. The first-order valence-corrected chi connectivity index (χ1v) is 7.84. The first-order chi connectivity index (χ1) is 9.29. The summed E-state index contributed by atoms with van der Waals surface area (Å²) in [4.78, 5) is 3.17. The Morgan fingerprint density at radius 3 is 2.70 bits per heavy atom. The van der Waals surface area contributed by atoms with E-state index in [1.165, 1.54) is 18.3 Å². The van der Waals surface area contributed by atoms with Crippen LogP contribution < -0.4 is 10.5 Å². The minimum Gasteiger partial charge on any atom is -0.398 e. The van der Waals surface area contributed by atoms with E-state index in [2.05, 4.69) is 25.6 Å². The summed E-state index contributed by atoms with van der Waals surface area (Å²) in [5.74, 6) is -0.918. The average Bonchev–Trinajstić information content (AvgIpc) is 2.33. The Kier molecular flexibility index (Phi) is 4.17. The SMILES string of the molecule is Nc1cc(S(=O)(=O)Nc2ccnc(Cl)c2)c(F)cc1Br. The van der Waals surface area contributed by atoms with Crippen LogP contribution in [0.3, 0.4) is 0 Å². The van der Waals surface area contributed by atoms with Crippen molar-refractivity contribution in [1.29, 1.82) is 0 Å². The molecule has 1 aromatic heterocycles. The summed E-state index contributed by atoms with van der Waals surface area (Å²) < 4.78 is 40.5. The normalized spacial score (nSPS) is 11.3. The molecule has 0 bridgehead atoms. The third kappa shape index (κ3) is 3.20. The maximum absolute atomic E-state index is 13.8. The summed E-state index contributed by atoms with van der Waals surface area (Å²) in [6, 6.07) is 4.72. The van der Waals surface area contributed by atoms with Gasteiger partial charge in [-0.05, 0) is 40.2 Å². The standard InChI is InChI=1S/C11H8BrClFN3O2S/c12-7-4-8(14)10(5-9(7)15)20(18,19)17-6-1-2-16-11(13)3-6/h1-5H,15H2,(H,16,17). The molecule has 5 nitrogen and oxygen atoms in total. The Morgan fingerprint density at radius 1 is 1.35 bits per heavy atom. The zero-order chi connectivity index (χ0) is 14.9. The number of sulfonamides is 1. The number of hydrogen-bond donors (Lipinski definition) is 2. The van der Waals surface area contributed by atoms with E-state index in [1.54, 1.807) is 0 Å². The molecule has 9 heteroatoms. The van der Waals surface area contributed by atoms with E-state index in [4.69, 9.17) is 17.3 Å². The van der Waals surface area contributed by atoms with Crippen molar-refractivity contribution in [2.45, 2.75) is 4.90 Å². The first-order valence-electron chi connectivity index (χ1n) is 5.18. The molecule has 0 amide bonds. The molecule has 0 aliphatic heterocycles. The lowest BCUT2D eigenvalue weighted by molar-refractivity contribution is 0.570. The summed E-state index contributed by atoms with van der Waals surface area (Å²) >= 11 is 8.67. The van der Waals surface area contributed by atoms with Gasteiger partial charge in [-0.1, -0.05) is 11.6 Å². The van der Waals surface area contributed by atoms with Crippen LogP contribution in [0.2, 0.25) is 5.15 Å². The molecule has 0 radical (unpaired) electrons. The Bertz CT molecular complexity index is 770. The lowest BCUT2D eigenvalue weighted by Crippen LogP contribution is -2.15. The van der Waals surface area contributed by atoms with Gasteiger partial charge in [0.25, 0.3) is 10.0 Å². The van der Waals surface area contributed by atoms with E-state index in [-0.39, 0.29) is 21.0 Å². The monoisotopic (exact) mass is 379 g/mol. The van der Waals surface area contributed by atoms with Gasteiger partial charge in [-0.25, -0.2) is 17.8 Å². The second-order valence-corrected chi connectivity index (χ2v) is 6.67. The number of nitrogens with one attached hydrogen (secondary N) is 1. The van der Waals surface area contributed by atoms with Gasteiger partial charge >= 0.3 is 0 Å². The molecule has 1 heterocycles. The molecule has 0 unspecified atom stereocenters. The average molecular weight is 381 g/mol. The molecule has 0 aliphatic carbocycles.